The smallest absolute Gasteiger partial charge is 0.236 e. The van der Waals surface area contributed by atoms with Gasteiger partial charge in [-0.15, -0.1) is 0 Å². The second-order valence-electron chi connectivity index (χ2n) is 7.77. The fraction of sp³-hybridized carbons (Fsp3) is 0.619. The largest absolute Gasteiger partial charge is 0.486 e. The number of carbonyl (C=O) groups excluding carboxylic acids is 2. The molecule has 1 aromatic carbocycles. The van der Waals surface area contributed by atoms with Crippen molar-refractivity contribution in [2.45, 2.75) is 13.0 Å². The zero-order chi connectivity index (χ0) is 20.8. The summed E-state index contributed by atoms with van der Waals surface area (Å²) in [5, 5.41) is 0. The van der Waals surface area contributed by atoms with Crippen LogP contribution in [0.3, 0.4) is 0 Å². The summed E-state index contributed by atoms with van der Waals surface area (Å²) in [6, 6.07) is 7.66. The molecule has 0 radical (unpaired) electrons. The maximum Gasteiger partial charge on any atom is 0.236 e. The van der Waals surface area contributed by atoms with E-state index in [2.05, 4.69) is 16.7 Å². The molecule has 29 heavy (non-hydrogen) atoms. The number of benzene rings is 1. The Kier molecular flexibility index (Phi) is 7.33. The molecule has 1 fully saturated rings. The van der Waals surface area contributed by atoms with Gasteiger partial charge in [-0.05, 0) is 18.7 Å². The van der Waals surface area contributed by atoms with Crippen LogP contribution in [0.5, 0.6) is 11.5 Å². The topological polar surface area (TPSA) is 65.6 Å². The molecule has 0 aliphatic carbocycles. The van der Waals surface area contributed by atoms with Gasteiger partial charge in [-0.25, -0.2) is 0 Å². The Balaban J connectivity index is 1.44. The summed E-state index contributed by atoms with van der Waals surface area (Å²) in [6.07, 6.45) is -0.0912. The van der Waals surface area contributed by atoms with E-state index in [1.807, 2.05) is 29.2 Å². The molecule has 3 rings (SSSR count). The predicted octanol–water partition coefficient (Wildman–Crippen LogP) is 0.381. The number of fused-ring (bicyclic) bond motifs is 1. The van der Waals surface area contributed by atoms with Crippen molar-refractivity contribution in [1.82, 2.24) is 19.6 Å². The molecule has 2 aliphatic rings. The number of amides is 2. The zero-order valence-electron chi connectivity index (χ0n) is 17.7. The summed E-state index contributed by atoms with van der Waals surface area (Å²) < 4.78 is 11.8. The van der Waals surface area contributed by atoms with Crippen LogP contribution < -0.4 is 9.47 Å². The van der Waals surface area contributed by atoms with Crippen LogP contribution in [-0.4, -0.2) is 111 Å². The molecule has 1 aromatic rings. The third-order valence-electron chi connectivity index (χ3n) is 5.42. The SMILES string of the molecule is CCN(CC(=O)N1CCN(CC(=O)N(C)C)CC1)CC1COc2ccccc2O1. The lowest BCUT2D eigenvalue weighted by molar-refractivity contribution is -0.135. The molecular formula is C21H32N4O4. The van der Waals surface area contributed by atoms with Gasteiger partial charge in [0.1, 0.15) is 12.7 Å². The summed E-state index contributed by atoms with van der Waals surface area (Å²) >= 11 is 0. The van der Waals surface area contributed by atoms with Gasteiger partial charge in [-0.2, -0.15) is 0 Å². The maximum atomic E-state index is 12.8. The molecule has 8 nitrogen and oxygen atoms in total. The Labute approximate surface area is 172 Å². The van der Waals surface area contributed by atoms with Gasteiger partial charge in [0.2, 0.25) is 11.8 Å². The number of hydrogen-bond acceptors (Lipinski definition) is 6. The average molecular weight is 405 g/mol. The van der Waals surface area contributed by atoms with Crippen molar-refractivity contribution in [1.29, 1.82) is 0 Å². The first-order chi connectivity index (χ1) is 14.0. The fourth-order valence-electron chi connectivity index (χ4n) is 3.53. The minimum Gasteiger partial charge on any atom is -0.486 e. The average Bonchev–Trinajstić information content (AvgIpc) is 2.73. The Bertz CT molecular complexity index is 704. The van der Waals surface area contributed by atoms with E-state index in [0.29, 0.717) is 39.3 Å². The third-order valence-corrected chi connectivity index (χ3v) is 5.42. The molecule has 2 aliphatic heterocycles. The van der Waals surface area contributed by atoms with E-state index in [0.717, 1.165) is 31.1 Å². The minimum absolute atomic E-state index is 0.0912. The molecule has 1 atom stereocenters. The molecule has 160 valence electrons. The predicted molar refractivity (Wildman–Crippen MR) is 110 cm³/mol. The van der Waals surface area contributed by atoms with Crippen LogP contribution in [0.2, 0.25) is 0 Å². The number of rotatable bonds is 7. The van der Waals surface area contributed by atoms with Crippen LogP contribution in [0.4, 0.5) is 0 Å². The van der Waals surface area contributed by atoms with E-state index < -0.39 is 0 Å². The van der Waals surface area contributed by atoms with Crippen molar-refractivity contribution < 1.29 is 19.1 Å². The van der Waals surface area contributed by atoms with Gasteiger partial charge in [-0.3, -0.25) is 19.4 Å². The van der Waals surface area contributed by atoms with Crippen molar-refractivity contribution in [3.63, 3.8) is 0 Å². The summed E-state index contributed by atoms with van der Waals surface area (Å²) in [5.41, 5.74) is 0. The number of likely N-dealkylation sites (N-methyl/N-ethyl adjacent to an activating group) is 2. The van der Waals surface area contributed by atoms with Crippen LogP contribution in [0.25, 0.3) is 0 Å². The Morgan fingerprint density at radius 2 is 1.79 bits per heavy atom. The van der Waals surface area contributed by atoms with Gasteiger partial charge in [0.15, 0.2) is 11.5 Å². The van der Waals surface area contributed by atoms with Gasteiger partial charge >= 0.3 is 0 Å². The first-order valence-corrected chi connectivity index (χ1v) is 10.3. The molecule has 2 heterocycles. The highest BCUT2D eigenvalue weighted by Gasteiger charge is 2.26. The molecule has 1 unspecified atom stereocenters. The molecule has 0 spiro atoms. The molecule has 0 N–H and O–H groups in total. The molecule has 2 amide bonds. The maximum absolute atomic E-state index is 12.8. The highest BCUT2D eigenvalue weighted by atomic mass is 16.6. The van der Waals surface area contributed by atoms with E-state index in [1.54, 1.807) is 19.0 Å². The molecule has 0 saturated carbocycles. The van der Waals surface area contributed by atoms with Crippen LogP contribution >= 0.6 is 0 Å². The van der Waals surface area contributed by atoms with Crippen molar-refractivity contribution in [2.24, 2.45) is 0 Å². The first-order valence-electron chi connectivity index (χ1n) is 10.3. The van der Waals surface area contributed by atoms with E-state index >= 15 is 0 Å². The van der Waals surface area contributed by atoms with E-state index in [1.165, 1.54) is 0 Å². The molecular weight excluding hydrogens is 372 g/mol. The number of para-hydroxylation sites is 2. The van der Waals surface area contributed by atoms with Gasteiger partial charge in [0.05, 0.1) is 13.1 Å². The van der Waals surface area contributed by atoms with Crippen LogP contribution in [0.1, 0.15) is 6.92 Å². The van der Waals surface area contributed by atoms with Gasteiger partial charge in [-0.1, -0.05) is 19.1 Å². The summed E-state index contributed by atoms with van der Waals surface area (Å²) in [5.74, 6) is 1.75. The van der Waals surface area contributed by atoms with Crippen molar-refractivity contribution in [2.75, 3.05) is 73.1 Å². The van der Waals surface area contributed by atoms with Crippen LogP contribution in [0.15, 0.2) is 24.3 Å². The number of piperazine rings is 1. The van der Waals surface area contributed by atoms with Crippen molar-refractivity contribution in [3.05, 3.63) is 24.3 Å². The summed E-state index contributed by atoms with van der Waals surface area (Å²) in [4.78, 5) is 32.3. The van der Waals surface area contributed by atoms with E-state index in [-0.39, 0.29) is 17.9 Å². The molecule has 1 saturated heterocycles. The summed E-state index contributed by atoms with van der Waals surface area (Å²) in [6.45, 7) is 7.52. The number of nitrogens with zero attached hydrogens (tertiary/aromatic N) is 4. The minimum atomic E-state index is -0.0912. The van der Waals surface area contributed by atoms with Crippen LogP contribution in [0, 0.1) is 0 Å². The lowest BCUT2D eigenvalue weighted by Crippen LogP contribution is -2.53. The standard InChI is InChI=1S/C21H32N4O4/c1-4-23(13-17-16-28-18-7-5-6-8-19(18)29-17)15-21(27)25-11-9-24(10-12-25)14-20(26)22(2)3/h5-8,17H,4,9-16H2,1-3H3. The second kappa shape index (κ2) is 9.93. The Morgan fingerprint density at radius 3 is 2.45 bits per heavy atom. The molecule has 8 heteroatoms. The highest BCUT2D eigenvalue weighted by molar-refractivity contribution is 5.79. The number of carbonyl (C=O) groups is 2. The normalized spacial score (nSPS) is 19.3. The van der Waals surface area contributed by atoms with Gasteiger partial charge in [0.25, 0.3) is 0 Å². The van der Waals surface area contributed by atoms with Gasteiger partial charge in [0, 0.05) is 46.8 Å². The highest BCUT2D eigenvalue weighted by Crippen LogP contribution is 2.31. The number of hydrogen-bond donors (Lipinski definition) is 0. The van der Waals surface area contributed by atoms with E-state index in [9.17, 15) is 9.59 Å². The monoisotopic (exact) mass is 404 g/mol. The molecule has 0 bridgehead atoms. The second-order valence-corrected chi connectivity index (χ2v) is 7.77. The lowest BCUT2D eigenvalue weighted by Gasteiger charge is -2.36. The Morgan fingerprint density at radius 1 is 1.10 bits per heavy atom. The zero-order valence-corrected chi connectivity index (χ0v) is 17.7. The fourth-order valence-corrected chi connectivity index (χ4v) is 3.53. The lowest BCUT2D eigenvalue weighted by atomic mass is 10.2. The first kappa shape index (κ1) is 21.4. The van der Waals surface area contributed by atoms with Crippen LogP contribution in [-0.2, 0) is 9.59 Å². The quantitative estimate of drug-likeness (QED) is 0.655. The molecule has 0 aromatic heterocycles. The van der Waals surface area contributed by atoms with Crippen molar-refractivity contribution >= 4 is 11.8 Å². The Hall–Kier alpha value is -2.32. The third kappa shape index (κ3) is 5.83. The van der Waals surface area contributed by atoms with Crippen molar-refractivity contribution in [3.8, 4) is 11.5 Å². The summed E-state index contributed by atoms with van der Waals surface area (Å²) in [7, 11) is 3.53. The number of ether oxygens (including phenoxy) is 2. The van der Waals surface area contributed by atoms with Gasteiger partial charge < -0.3 is 19.3 Å². The van der Waals surface area contributed by atoms with E-state index in [4.69, 9.17) is 9.47 Å².